The van der Waals surface area contributed by atoms with Gasteiger partial charge in [0, 0.05) is 36.4 Å². The average Bonchev–Trinajstić information content (AvgIpc) is 3.27. The molecule has 4 aromatic rings. The lowest BCUT2D eigenvalue weighted by molar-refractivity contribution is 0.628. The Bertz CT molecular complexity index is 1110. The van der Waals surface area contributed by atoms with Crippen LogP contribution >= 0.6 is 0 Å². The van der Waals surface area contributed by atoms with E-state index < -0.39 is 0 Å². The molecule has 3 aromatic heterocycles. The fourth-order valence-electron chi connectivity index (χ4n) is 2.88. The molecule has 0 aliphatic carbocycles. The second-order valence-electron chi connectivity index (χ2n) is 5.97. The van der Waals surface area contributed by atoms with Gasteiger partial charge in [-0.1, -0.05) is 0 Å². The van der Waals surface area contributed by atoms with Crippen LogP contribution in [-0.2, 0) is 13.0 Å². The molecule has 27 heavy (non-hydrogen) atoms. The summed E-state index contributed by atoms with van der Waals surface area (Å²) >= 11 is 0. The number of pyridine rings is 1. The molecule has 0 bridgehead atoms. The van der Waals surface area contributed by atoms with Crippen LogP contribution in [0.3, 0.4) is 0 Å². The number of aryl methyl sites for hydroxylation is 2. The molecule has 136 valence electrons. The van der Waals surface area contributed by atoms with Gasteiger partial charge in [-0.3, -0.25) is 9.89 Å². The van der Waals surface area contributed by atoms with E-state index in [9.17, 15) is 9.18 Å². The zero-order valence-electron chi connectivity index (χ0n) is 14.2. The maximum absolute atomic E-state index is 13.3. The second kappa shape index (κ2) is 6.87. The lowest BCUT2D eigenvalue weighted by Gasteiger charge is -2.10. The molecule has 0 unspecified atom stereocenters. The number of halogens is 1. The molecule has 8 nitrogen and oxygen atoms in total. The molecular formula is C18H16FN7O. The molecule has 0 saturated heterocycles. The molecule has 0 radical (unpaired) electrons. The number of rotatable bonds is 5. The predicted octanol–water partition coefficient (Wildman–Crippen LogP) is 1.99. The number of nitrogen functional groups attached to an aromatic ring is 1. The minimum atomic E-state index is -0.313. The summed E-state index contributed by atoms with van der Waals surface area (Å²) in [4.78, 5) is 22.7. The van der Waals surface area contributed by atoms with Crippen molar-refractivity contribution in [2.75, 3.05) is 5.73 Å². The smallest absolute Gasteiger partial charge is 0.247 e. The van der Waals surface area contributed by atoms with Gasteiger partial charge in [-0.2, -0.15) is 4.98 Å². The van der Waals surface area contributed by atoms with Crippen molar-refractivity contribution in [3.8, 4) is 22.5 Å². The highest BCUT2D eigenvalue weighted by molar-refractivity contribution is 5.78. The number of nitrogens with two attached hydrogens (primary N) is 1. The van der Waals surface area contributed by atoms with Crippen LogP contribution in [0.2, 0.25) is 0 Å². The maximum Gasteiger partial charge on any atom is 0.247 e. The number of benzene rings is 1. The van der Waals surface area contributed by atoms with Crippen LogP contribution in [0.15, 0.2) is 53.7 Å². The van der Waals surface area contributed by atoms with E-state index in [2.05, 4.69) is 25.1 Å². The van der Waals surface area contributed by atoms with Crippen LogP contribution in [-0.4, -0.2) is 29.7 Å². The van der Waals surface area contributed by atoms with Crippen molar-refractivity contribution in [1.29, 1.82) is 0 Å². The highest BCUT2D eigenvalue weighted by atomic mass is 19.1. The van der Waals surface area contributed by atoms with Crippen LogP contribution in [0.4, 0.5) is 10.3 Å². The van der Waals surface area contributed by atoms with E-state index in [1.807, 2.05) is 4.57 Å². The largest absolute Gasteiger partial charge is 0.367 e. The van der Waals surface area contributed by atoms with Gasteiger partial charge in [-0.05, 0) is 30.3 Å². The number of hydrogen-bond acceptors (Lipinski definition) is 5. The molecule has 0 amide bonds. The quantitative estimate of drug-likeness (QED) is 0.500. The lowest BCUT2D eigenvalue weighted by atomic mass is 10.1. The lowest BCUT2D eigenvalue weighted by Crippen LogP contribution is -2.06. The Balaban J connectivity index is 1.75. The van der Waals surface area contributed by atoms with E-state index >= 15 is 0 Å². The summed E-state index contributed by atoms with van der Waals surface area (Å²) in [6.07, 6.45) is 3.91. The van der Waals surface area contributed by atoms with Crippen molar-refractivity contribution in [2.45, 2.75) is 13.0 Å². The molecular weight excluding hydrogens is 349 g/mol. The first-order valence-electron chi connectivity index (χ1n) is 8.27. The van der Waals surface area contributed by atoms with E-state index in [0.29, 0.717) is 24.5 Å². The van der Waals surface area contributed by atoms with Crippen molar-refractivity contribution < 1.29 is 4.39 Å². The van der Waals surface area contributed by atoms with Crippen LogP contribution in [0.5, 0.6) is 0 Å². The molecule has 0 aliphatic heterocycles. The summed E-state index contributed by atoms with van der Waals surface area (Å²) in [6, 6.07) is 9.32. The summed E-state index contributed by atoms with van der Waals surface area (Å²) in [5.74, 6) is 0.548. The molecule has 0 saturated carbocycles. The van der Waals surface area contributed by atoms with Gasteiger partial charge in [-0.15, -0.1) is 5.10 Å². The summed E-state index contributed by atoms with van der Waals surface area (Å²) < 4.78 is 15.2. The minimum Gasteiger partial charge on any atom is -0.367 e. The van der Waals surface area contributed by atoms with Gasteiger partial charge in [0.25, 0.3) is 0 Å². The first-order chi connectivity index (χ1) is 13.1. The fraction of sp³-hybridized carbons (Fsp3) is 0.111. The predicted molar refractivity (Wildman–Crippen MR) is 98.2 cm³/mol. The average molecular weight is 365 g/mol. The molecule has 4 rings (SSSR count). The topological polar surface area (TPSA) is 118 Å². The third-order valence-corrected chi connectivity index (χ3v) is 4.15. The van der Waals surface area contributed by atoms with E-state index in [1.165, 1.54) is 18.2 Å². The van der Waals surface area contributed by atoms with Crippen molar-refractivity contribution in [3.05, 3.63) is 70.9 Å². The summed E-state index contributed by atoms with van der Waals surface area (Å²) in [6.45, 7) is 0.567. The van der Waals surface area contributed by atoms with Gasteiger partial charge in [0.05, 0.1) is 17.7 Å². The first-order valence-corrected chi connectivity index (χ1v) is 8.27. The van der Waals surface area contributed by atoms with Crippen molar-refractivity contribution in [1.82, 2.24) is 29.7 Å². The van der Waals surface area contributed by atoms with E-state index in [4.69, 9.17) is 5.73 Å². The summed E-state index contributed by atoms with van der Waals surface area (Å²) in [5, 5.41) is 6.60. The molecule has 3 heterocycles. The number of anilines is 1. The third kappa shape index (κ3) is 3.47. The Kier molecular flexibility index (Phi) is 4.25. The van der Waals surface area contributed by atoms with Crippen LogP contribution in [0, 0.1) is 5.82 Å². The molecule has 0 atom stereocenters. The monoisotopic (exact) mass is 365 g/mol. The standard InChI is InChI=1S/C18H16FN7O/c19-13-4-1-11(2-5-13)16-17(12-3-6-15(27)21-9-12)26(10-22-16)8-7-14-23-18(20)25-24-14/h1-6,9-10H,7-8H2,(H,21,27)(H3,20,23,24,25). The highest BCUT2D eigenvalue weighted by Gasteiger charge is 2.16. The number of nitrogens with one attached hydrogen (secondary N) is 2. The van der Waals surface area contributed by atoms with E-state index in [0.717, 1.165) is 16.8 Å². The van der Waals surface area contributed by atoms with Gasteiger partial charge < -0.3 is 15.3 Å². The Morgan fingerprint density at radius 3 is 2.56 bits per heavy atom. The van der Waals surface area contributed by atoms with E-state index in [-0.39, 0.29) is 17.3 Å². The minimum absolute atomic E-state index is 0.190. The number of nitrogens with zero attached hydrogens (tertiary/aromatic N) is 4. The summed E-state index contributed by atoms with van der Waals surface area (Å²) in [5.41, 5.74) is 8.43. The van der Waals surface area contributed by atoms with Crippen molar-refractivity contribution in [3.63, 3.8) is 0 Å². The second-order valence-corrected chi connectivity index (χ2v) is 5.97. The molecule has 0 spiro atoms. The van der Waals surface area contributed by atoms with Crippen molar-refractivity contribution in [2.24, 2.45) is 0 Å². The maximum atomic E-state index is 13.3. The molecule has 9 heteroatoms. The molecule has 0 fully saturated rings. The van der Waals surface area contributed by atoms with Gasteiger partial charge in [0.15, 0.2) is 0 Å². The van der Waals surface area contributed by atoms with Gasteiger partial charge in [0.1, 0.15) is 11.6 Å². The zero-order valence-corrected chi connectivity index (χ0v) is 14.2. The van der Waals surface area contributed by atoms with Crippen molar-refractivity contribution >= 4 is 5.95 Å². The first kappa shape index (κ1) is 16.7. The SMILES string of the molecule is Nc1n[nH]c(CCn2cnc(-c3ccc(F)cc3)c2-c2ccc(=O)[nH]c2)n1. The number of imidazole rings is 1. The third-order valence-electron chi connectivity index (χ3n) is 4.15. The highest BCUT2D eigenvalue weighted by Crippen LogP contribution is 2.30. The van der Waals surface area contributed by atoms with Gasteiger partial charge in [0.2, 0.25) is 11.5 Å². The Morgan fingerprint density at radius 2 is 1.89 bits per heavy atom. The number of aromatic nitrogens is 6. The number of hydrogen-bond donors (Lipinski definition) is 3. The zero-order chi connectivity index (χ0) is 18.8. The normalized spacial score (nSPS) is 11.0. The summed E-state index contributed by atoms with van der Waals surface area (Å²) in [7, 11) is 0. The van der Waals surface area contributed by atoms with Crippen LogP contribution in [0.25, 0.3) is 22.5 Å². The van der Waals surface area contributed by atoms with Gasteiger partial charge in [-0.25, -0.2) is 9.37 Å². The molecule has 4 N–H and O–H groups in total. The number of H-pyrrole nitrogens is 2. The Morgan fingerprint density at radius 1 is 1.11 bits per heavy atom. The van der Waals surface area contributed by atoms with E-state index in [1.54, 1.807) is 30.7 Å². The fourth-order valence-corrected chi connectivity index (χ4v) is 2.88. The van der Waals surface area contributed by atoms with Crippen LogP contribution in [0.1, 0.15) is 5.82 Å². The van der Waals surface area contributed by atoms with Gasteiger partial charge >= 0.3 is 0 Å². The number of aromatic amines is 2. The Labute approximate surface area is 152 Å². The van der Waals surface area contributed by atoms with Crippen LogP contribution < -0.4 is 11.3 Å². The molecule has 0 aliphatic rings. The molecule has 1 aromatic carbocycles. The Hall–Kier alpha value is -3.75.